The van der Waals surface area contributed by atoms with E-state index in [9.17, 15) is 9.59 Å². The van der Waals surface area contributed by atoms with E-state index in [0.29, 0.717) is 19.4 Å². The lowest BCUT2D eigenvalue weighted by atomic mass is 10.2. The van der Waals surface area contributed by atoms with Crippen molar-refractivity contribution in [2.24, 2.45) is 0 Å². The molecule has 1 fully saturated rings. The number of rotatable bonds is 3. The summed E-state index contributed by atoms with van der Waals surface area (Å²) in [4.78, 5) is 22.0. The Morgan fingerprint density at radius 3 is 3.08 bits per heavy atom. The first-order valence-electron chi connectivity index (χ1n) is 4.13. The fraction of sp³-hybridized carbons (Fsp3) is 0.556. The molecule has 0 spiro atoms. The van der Waals surface area contributed by atoms with Gasteiger partial charge in [0, 0.05) is 19.3 Å². The summed E-state index contributed by atoms with van der Waals surface area (Å²) in [6.45, 7) is 0.388. The number of hydrogen-bond donors (Lipinski definition) is 1. The third-order valence-electron chi connectivity index (χ3n) is 1.77. The lowest BCUT2D eigenvalue weighted by Gasteiger charge is -2.06. The van der Waals surface area contributed by atoms with E-state index in [1.807, 2.05) is 0 Å². The highest BCUT2D eigenvalue weighted by Gasteiger charge is 2.27. The van der Waals surface area contributed by atoms with E-state index in [0.717, 1.165) is 0 Å². The van der Waals surface area contributed by atoms with Gasteiger partial charge in [-0.2, -0.15) is 0 Å². The van der Waals surface area contributed by atoms with Gasteiger partial charge >= 0.3 is 5.97 Å². The zero-order valence-corrected chi connectivity index (χ0v) is 7.21. The van der Waals surface area contributed by atoms with Gasteiger partial charge in [-0.05, 0) is 0 Å². The van der Waals surface area contributed by atoms with Crippen LogP contribution < -0.4 is 5.32 Å². The van der Waals surface area contributed by atoms with Crippen LogP contribution in [0.15, 0.2) is 0 Å². The standard InChI is InChI=1S/C9H11NO3/c1-2-3-4-8(11)10-7-5-6-13-9(7)12/h1,7H,3-6H2,(H,10,11)/t7-/m0/s1. The lowest BCUT2D eigenvalue weighted by molar-refractivity contribution is -0.141. The summed E-state index contributed by atoms with van der Waals surface area (Å²) in [5.41, 5.74) is 0. The molecule has 1 N–H and O–H groups in total. The second-order valence-electron chi connectivity index (χ2n) is 2.78. The maximum atomic E-state index is 11.1. The fourth-order valence-electron chi connectivity index (χ4n) is 1.08. The number of hydrogen-bond acceptors (Lipinski definition) is 3. The smallest absolute Gasteiger partial charge is 0.328 e. The maximum Gasteiger partial charge on any atom is 0.328 e. The van der Waals surface area contributed by atoms with Crippen molar-refractivity contribution in [2.75, 3.05) is 6.61 Å². The summed E-state index contributed by atoms with van der Waals surface area (Å²) >= 11 is 0. The molecule has 1 aliphatic rings. The van der Waals surface area contributed by atoms with E-state index in [1.54, 1.807) is 0 Å². The van der Waals surface area contributed by atoms with Crippen molar-refractivity contribution in [1.29, 1.82) is 0 Å². The molecule has 13 heavy (non-hydrogen) atoms. The number of cyclic esters (lactones) is 1. The number of ether oxygens (including phenoxy) is 1. The van der Waals surface area contributed by atoms with E-state index in [-0.39, 0.29) is 18.3 Å². The van der Waals surface area contributed by atoms with Crippen LogP contribution >= 0.6 is 0 Å². The van der Waals surface area contributed by atoms with Crippen LogP contribution in [0.5, 0.6) is 0 Å². The summed E-state index contributed by atoms with van der Waals surface area (Å²) in [6.07, 6.45) is 6.21. The molecule has 0 saturated carbocycles. The molecule has 0 aromatic carbocycles. The van der Waals surface area contributed by atoms with Gasteiger partial charge in [0.25, 0.3) is 0 Å². The average Bonchev–Trinajstić information content (AvgIpc) is 2.48. The summed E-state index contributed by atoms with van der Waals surface area (Å²) in [5, 5.41) is 2.55. The Labute approximate surface area is 76.6 Å². The topological polar surface area (TPSA) is 55.4 Å². The van der Waals surface area contributed by atoms with Gasteiger partial charge < -0.3 is 10.1 Å². The average molecular weight is 181 g/mol. The van der Waals surface area contributed by atoms with E-state index in [1.165, 1.54) is 0 Å². The van der Waals surface area contributed by atoms with Crippen LogP contribution in [0.25, 0.3) is 0 Å². The molecule has 0 aliphatic carbocycles. The van der Waals surface area contributed by atoms with Crippen molar-refractivity contribution in [2.45, 2.75) is 25.3 Å². The van der Waals surface area contributed by atoms with Crippen LogP contribution in [0.1, 0.15) is 19.3 Å². The minimum Gasteiger partial charge on any atom is -0.464 e. The second-order valence-corrected chi connectivity index (χ2v) is 2.78. The number of amides is 1. The molecule has 1 rings (SSSR count). The van der Waals surface area contributed by atoms with Crippen LogP contribution in [-0.4, -0.2) is 24.5 Å². The first-order valence-corrected chi connectivity index (χ1v) is 4.13. The molecule has 1 amide bonds. The maximum absolute atomic E-state index is 11.1. The van der Waals surface area contributed by atoms with Crippen molar-refractivity contribution >= 4 is 11.9 Å². The van der Waals surface area contributed by atoms with Gasteiger partial charge in [0.2, 0.25) is 5.91 Å². The van der Waals surface area contributed by atoms with Crippen LogP contribution in [0.4, 0.5) is 0 Å². The molecule has 0 radical (unpaired) electrons. The van der Waals surface area contributed by atoms with E-state index in [2.05, 4.69) is 16.0 Å². The predicted molar refractivity (Wildman–Crippen MR) is 45.6 cm³/mol. The number of terminal acetylenes is 1. The molecule has 4 heteroatoms. The SMILES string of the molecule is C#CCCC(=O)N[C@H]1CCOC1=O. The zero-order valence-electron chi connectivity index (χ0n) is 7.21. The molecule has 0 bridgehead atoms. The Balaban J connectivity index is 2.28. The van der Waals surface area contributed by atoms with Gasteiger partial charge in [0.15, 0.2) is 0 Å². The molecule has 1 heterocycles. The number of carbonyl (C=O) groups is 2. The van der Waals surface area contributed by atoms with Crippen molar-refractivity contribution in [3.8, 4) is 12.3 Å². The summed E-state index contributed by atoms with van der Waals surface area (Å²) < 4.78 is 4.68. The van der Waals surface area contributed by atoms with E-state index in [4.69, 9.17) is 6.42 Å². The Kier molecular flexibility index (Phi) is 3.32. The largest absolute Gasteiger partial charge is 0.464 e. The monoisotopic (exact) mass is 181 g/mol. The Hall–Kier alpha value is -1.50. The third kappa shape index (κ3) is 2.79. The quantitative estimate of drug-likeness (QED) is 0.486. The molecule has 1 aliphatic heterocycles. The molecule has 1 atom stereocenters. The minimum atomic E-state index is -0.467. The first-order chi connectivity index (χ1) is 6.24. The van der Waals surface area contributed by atoms with Crippen LogP contribution in [0.2, 0.25) is 0 Å². The number of esters is 1. The Bertz CT molecular complexity index is 254. The van der Waals surface area contributed by atoms with Crippen LogP contribution in [0.3, 0.4) is 0 Å². The number of carbonyl (C=O) groups excluding carboxylic acids is 2. The van der Waals surface area contributed by atoms with Crippen molar-refractivity contribution < 1.29 is 14.3 Å². The highest BCUT2D eigenvalue weighted by molar-refractivity contribution is 5.85. The molecule has 70 valence electrons. The van der Waals surface area contributed by atoms with Gasteiger partial charge in [0.1, 0.15) is 6.04 Å². The fourth-order valence-corrected chi connectivity index (χ4v) is 1.08. The highest BCUT2D eigenvalue weighted by Crippen LogP contribution is 2.05. The van der Waals surface area contributed by atoms with E-state index < -0.39 is 6.04 Å². The predicted octanol–water partition coefficient (Wildman–Crippen LogP) is -0.169. The number of nitrogens with one attached hydrogen (secondary N) is 1. The second kappa shape index (κ2) is 4.51. The molecule has 0 aromatic heterocycles. The molecule has 0 unspecified atom stereocenters. The van der Waals surface area contributed by atoms with Crippen molar-refractivity contribution in [1.82, 2.24) is 5.32 Å². The Morgan fingerprint density at radius 2 is 2.54 bits per heavy atom. The minimum absolute atomic E-state index is 0.193. The molecule has 4 nitrogen and oxygen atoms in total. The zero-order chi connectivity index (χ0) is 9.68. The molecule has 0 aromatic rings. The lowest BCUT2D eigenvalue weighted by Crippen LogP contribution is -2.37. The Morgan fingerprint density at radius 1 is 1.77 bits per heavy atom. The van der Waals surface area contributed by atoms with Gasteiger partial charge in [-0.25, -0.2) is 4.79 Å². The highest BCUT2D eigenvalue weighted by atomic mass is 16.5. The third-order valence-corrected chi connectivity index (χ3v) is 1.77. The molecular weight excluding hydrogens is 170 g/mol. The first kappa shape index (κ1) is 9.59. The van der Waals surface area contributed by atoms with Gasteiger partial charge in [-0.15, -0.1) is 12.3 Å². The van der Waals surface area contributed by atoms with Gasteiger partial charge in [-0.1, -0.05) is 0 Å². The van der Waals surface area contributed by atoms with Gasteiger partial charge in [-0.3, -0.25) is 4.79 Å². The summed E-state index contributed by atoms with van der Waals surface area (Å²) in [6, 6.07) is -0.467. The molecule has 1 saturated heterocycles. The summed E-state index contributed by atoms with van der Waals surface area (Å²) in [7, 11) is 0. The van der Waals surface area contributed by atoms with Crippen LogP contribution in [-0.2, 0) is 14.3 Å². The molecular formula is C9H11NO3. The van der Waals surface area contributed by atoms with E-state index >= 15 is 0 Å². The normalized spacial score (nSPS) is 20.5. The van der Waals surface area contributed by atoms with Crippen molar-refractivity contribution in [3.05, 3.63) is 0 Å². The van der Waals surface area contributed by atoms with Gasteiger partial charge in [0.05, 0.1) is 6.61 Å². The summed E-state index contributed by atoms with van der Waals surface area (Å²) in [5.74, 6) is 1.81. The van der Waals surface area contributed by atoms with Crippen LogP contribution in [0, 0.1) is 12.3 Å². The van der Waals surface area contributed by atoms with Crippen molar-refractivity contribution in [3.63, 3.8) is 0 Å².